The number of hydrogen-bond donors (Lipinski definition) is 2. The molecule has 1 saturated carbocycles. The Morgan fingerprint density at radius 1 is 1.24 bits per heavy atom. The number of nitrogens with one attached hydrogen (secondary N) is 2. The van der Waals surface area contributed by atoms with E-state index >= 15 is 0 Å². The Bertz CT molecular complexity index is 731. The van der Waals surface area contributed by atoms with Crippen molar-refractivity contribution in [1.29, 1.82) is 5.41 Å². The lowest BCUT2D eigenvalue weighted by Crippen LogP contribution is -2.48. The highest BCUT2D eigenvalue weighted by Gasteiger charge is 2.33. The lowest BCUT2D eigenvalue weighted by Gasteiger charge is -2.23. The minimum absolute atomic E-state index is 0.00763. The lowest BCUT2D eigenvalue weighted by atomic mass is 10.1. The van der Waals surface area contributed by atoms with Gasteiger partial charge in [-0.15, -0.1) is 0 Å². The van der Waals surface area contributed by atoms with Crippen LogP contribution in [0.2, 0.25) is 0 Å². The van der Waals surface area contributed by atoms with Crippen molar-refractivity contribution in [2.45, 2.75) is 70.3 Å². The minimum Gasteiger partial charge on any atom is -0.461 e. The Morgan fingerprint density at radius 2 is 1.90 bits per heavy atom. The van der Waals surface area contributed by atoms with Gasteiger partial charge in [0.1, 0.15) is 18.0 Å². The molecule has 1 aliphatic carbocycles. The SMILES string of the molecule is CC(C)OC(=O)[C@H](CCC(=O)C=N)NC(=O)[C@H](Cc1ccc(F)cc1)OC1CC1. The quantitative estimate of drug-likeness (QED) is 0.409. The summed E-state index contributed by atoms with van der Waals surface area (Å²) in [4.78, 5) is 36.6. The van der Waals surface area contributed by atoms with Crippen molar-refractivity contribution in [3.8, 4) is 0 Å². The van der Waals surface area contributed by atoms with Crippen molar-refractivity contribution in [3.63, 3.8) is 0 Å². The number of rotatable bonds is 12. The van der Waals surface area contributed by atoms with E-state index in [2.05, 4.69) is 5.32 Å². The standard InChI is InChI=1S/C21H27FN2O5/c1-13(2)28-21(27)18(10-7-16(25)12-23)24-20(26)19(29-17-8-9-17)11-14-3-5-15(22)6-4-14/h3-6,12-13,17-19,23H,7-11H2,1-2H3,(H,24,26)/t18-,19-/m0/s1. The molecule has 0 bridgehead atoms. The molecule has 1 aliphatic rings. The molecule has 1 aromatic rings. The first-order chi connectivity index (χ1) is 13.8. The highest BCUT2D eigenvalue weighted by molar-refractivity contribution is 6.26. The van der Waals surface area contributed by atoms with Crippen LogP contribution in [0.25, 0.3) is 0 Å². The van der Waals surface area contributed by atoms with E-state index in [1.165, 1.54) is 12.1 Å². The van der Waals surface area contributed by atoms with Crippen LogP contribution in [0.1, 0.15) is 45.1 Å². The Hall–Kier alpha value is -2.61. The molecule has 0 spiro atoms. The van der Waals surface area contributed by atoms with Gasteiger partial charge < -0.3 is 20.2 Å². The van der Waals surface area contributed by atoms with Crippen molar-refractivity contribution in [2.75, 3.05) is 0 Å². The van der Waals surface area contributed by atoms with Gasteiger partial charge in [0.25, 0.3) is 0 Å². The van der Waals surface area contributed by atoms with Crippen LogP contribution in [-0.4, -0.2) is 48.2 Å². The molecule has 29 heavy (non-hydrogen) atoms. The number of Topliss-reactive ketones (excluding diaryl/α,β-unsaturated/α-hetero) is 1. The van der Waals surface area contributed by atoms with Gasteiger partial charge in [0.2, 0.25) is 5.91 Å². The third kappa shape index (κ3) is 8.11. The molecule has 8 heteroatoms. The van der Waals surface area contributed by atoms with E-state index in [1.54, 1.807) is 26.0 Å². The molecule has 0 aromatic heterocycles. The maximum atomic E-state index is 13.1. The smallest absolute Gasteiger partial charge is 0.328 e. The monoisotopic (exact) mass is 406 g/mol. The van der Waals surface area contributed by atoms with Crippen LogP contribution in [0.5, 0.6) is 0 Å². The third-order valence-corrected chi connectivity index (χ3v) is 4.30. The molecule has 1 aromatic carbocycles. The first-order valence-corrected chi connectivity index (χ1v) is 9.72. The topological polar surface area (TPSA) is 106 Å². The lowest BCUT2D eigenvalue weighted by molar-refractivity contribution is -0.153. The Kier molecular flexibility index (Phi) is 8.45. The predicted octanol–water partition coefficient (Wildman–Crippen LogP) is 2.35. The third-order valence-electron chi connectivity index (χ3n) is 4.30. The summed E-state index contributed by atoms with van der Waals surface area (Å²) in [7, 11) is 0. The molecular formula is C21H27FN2O5. The normalized spacial score (nSPS) is 15.4. The van der Waals surface area contributed by atoms with Crippen LogP contribution >= 0.6 is 0 Å². The number of ether oxygens (including phenoxy) is 2. The van der Waals surface area contributed by atoms with E-state index in [-0.39, 0.29) is 37.3 Å². The zero-order valence-corrected chi connectivity index (χ0v) is 16.7. The number of halogens is 1. The van der Waals surface area contributed by atoms with Crippen molar-refractivity contribution >= 4 is 23.9 Å². The average Bonchev–Trinajstić information content (AvgIpc) is 3.49. The summed E-state index contributed by atoms with van der Waals surface area (Å²) in [5, 5.41) is 9.61. The van der Waals surface area contributed by atoms with Crippen LogP contribution < -0.4 is 5.32 Å². The van der Waals surface area contributed by atoms with Gasteiger partial charge in [0.05, 0.1) is 18.4 Å². The van der Waals surface area contributed by atoms with Crippen molar-refractivity contribution in [1.82, 2.24) is 5.32 Å². The molecule has 7 nitrogen and oxygen atoms in total. The van der Waals surface area contributed by atoms with Gasteiger partial charge in [0, 0.05) is 12.8 Å². The van der Waals surface area contributed by atoms with Crippen LogP contribution in [-0.2, 0) is 30.3 Å². The van der Waals surface area contributed by atoms with E-state index < -0.39 is 29.8 Å². The van der Waals surface area contributed by atoms with E-state index in [0.29, 0.717) is 6.21 Å². The van der Waals surface area contributed by atoms with Gasteiger partial charge in [-0.05, 0) is 50.8 Å². The highest BCUT2D eigenvalue weighted by Crippen LogP contribution is 2.26. The summed E-state index contributed by atoms with van der Waals surface area (Å²) in [5.41, 5.74) is 0.729. The van der Waals surface area contributed by atoms with Crippen LogP contribution in [0, 0.1) is 11.2 Å². The summed E-state index contributed by atoms with van der Waals surface area (Å²) in [6.07, 6.45) is 1.37. The Balaban J connectivity index is 2.07. The number of carbonyl (C=O) groups is 3. The number of carbonyl (C=O) groups excluding carboxylic acids is 3. The summed E-state index contributed by atoms with van der Waals surface area (Å²) >= 11 is 0. The average molecular weight is 406 g/mol. The molecule has 0 aliphatic heterocycles. The van der Waals surface area contributed by atoms with Gasteiger partial charge in [-0.2, -0.15) is 0 Å². The van der Waals surface area contributed by atoms with Gasteiger partial charge >= 0.3 is 5.97 Å². The van der Waals surface area contributed by atoms with Crippen molar-refractivity contribution in [3.05, 3.63) is 35.6 Å². The van der Waals surface area contributed by atoms with Crippen LogP contribution in [0.15, 0.2) is 24.3 Å². The molecular weight excluding hydrogens is 379 g/mol. The minimum atomic E-state index is -1.02. The number of esters is 1. The second-order valence-electron chi connectivity index (χ2n) is 7.35. The summed E-state index contributed by atoms with van der Waals surface area (Å²) in [6, 6.07) is 4.77. The van der Waals surface area contributed by atoms with Gasteiger partial charge in [0.15, 0.2) is 5.78 Å². The zero-order valence-electron chi connectivity index (χ0n) is 16.7. The number of ketones is 1. The molecule has 0 unspecified atom stereocenters. The molecule has 1 amide bonds. The van der Waals surface area contributed by atoms with Crippen LogP contribution in [0.4, 0.5) is 4.39 Å². The molecule has 0 radical (unpaired) electrons. The Labute approximate surface area is 169 Å². The zero-order chi connectivity index (χ0) is 21.4. The summed E-state index contributed by atoms with van der Waals surface area (Å²) in [6.45, 7) is 3.38. The van der Waals surface area contributed by atoms with Gasteiger partial charge in [-0.3, -0.25) is 9.59 Å². The second-order valence-corrected chi connectivity index (χ2v) is 7.35. The molecule has 2 rings (SSSR count). The highest BCUT2D eigenvalue weighted by atomic mass is 19.1. The fourth-order valence-corrected chi connectivity index (χ4v) is 2.66. The van der Waals surface area contributed by atoms with E-state index in [9.17, 15) is 18.8 Å². The molecule has 0 heterocycles. The van der Waals surface area contributed by atoms with Gasteiger partial charge in [-0.25, -0.2) is 9.18 Å². The summed E-state index contributed by atoms with van der Waals surface area (Å²) < 4.78 is 24.1. The molecule has 158 valence electrons. The number of amides is 1. The second kappa shape index (κ2) is 10.8. The fraction of sp³-hybridized carbons (Fsp3) is 0.524. The largest absolute Gasteiger partial charge is 0.461 e. The van der Waals surface area contributed by atoms with Crippen molar-refractivity contribution in [2.24, 2.45) is 0 Å². The first-order valence-electron chi connectivity index (χ1n) is 9.72. The van der Waals surface area contributed by atoms with Gasteiger partial charge in [-0.1, -0.05) is 12.1 Å². The van der Waals surface area contributed by atoms with E-state index in [0.717, 1.165) is 18.4 Å². The molecule has 1 fully saturated rings. The van der Waals surface area contributed by atoms with E-state index in [4.69, 9.17) is 14.9 Å². The Morgan fingerprint density at radius 3 is 2.45 bits per heavy atom. The van der Waals surface area contributed by atoms with Crippen LogP contribution in [0.3, 0.4) is 0 Å². The first kappa shape index (κ1) is 22.7. The molecule has 0 saturated heterocycles. The predicted molar refractivity (Wildman–Crippen MR) is 104 cm³/mol. The summed E-state index contributed by atoms with van der Waals surface area (Å²) in [5.74, 6) is -1.95. The number of hydrogen-bond acceptors (Lipinski definition) is 6. The molecule has 2 atom stereocenters. The maximum absolute atomic E-state index is 13.1. The van der Waals surface area contributed by atoms with E-state index in [1.807, 2.05) is 0 Å². The van der Waals surface area contributed by atoms with Crippen molar-refractivity contribution < 1.29 is 28.2 Å². The number of benzene rings is 1. The fourth-order valence-electron chi connectivity index (χ4n) is 2.66. The molecule has 2 N–H and O–H groups in total. The maximum Gasteiger partial charge on any atom is 0.328 e.